The lowest BCUT2D eigenvalue weighted by Gasteiger charge is -2.32. The van der Waals surface area contributed by atoms with Crippen molar-refractivity contribution >= 4 is 16.9 Å². The number of rotatable bonds is 4. The van der Waals surface area contributed by atoms with Crippen LogP contribution in [-0.4, -0.2) is 45.5 Å². The van der Waals surface area contributed by atoms with E-state index in [4.69, 9.17) is 4.74 Å². The molecule has 1 amide bonds. The molecular weight excluding hydrogens is 340 g/mol. The number of fused-ring (bicyclic) bond motifs is 1. The second-order valence-corrected chi connectivity index (χ2v) is 6.96. The van der Waals surface area contributed by atoms with E-state index in [1.54, 1.807) is 18.6 Å². The Bertz CT molecular complexity index is 960. The molecule has 0 radical (unpaired) electrons. The molecule has 138 valence electrons. The minimum absolute atomic E-state index is 0.0482. The van der Waals surface area contributed by atoms with E-state index in [9.17, 15) is 4.79 Å². The first-order valence-corrected chi connectivity index (χ1v) is 9.24. The molecule has 0 N–H and O–H groups in total. The summed E-state index contributed by atoms with van der Waals surface area (Å²) in [6, 6.07) is 9.31. The molecule has 1 fully saturated rings. The Morgan fingerprint density at radius 3 is 2.81 bits per heavy atom. The standard InChI is InChI=1S/C21H22N4O2/c1-15-11-18(6-7-22-15)27-14-16-3-2-10-25(13-16)21(26)17-4-5-19-20(12-17)24-9-8-23-19/h4-9,11-12,16H,2-3,10,13-14H2,1H3. The minimum atomic E-state index is 0.0482. The Hall–Kier alpha value is -3.02. The number of amides is 1. The van der Waals surface area contributed by atoms with Crippen molar-refractivity contribution in [3.05, 3.63) is 60.2 Å². The molecule has 0 saturated carbocycles. The molecule has 1 unspecified atom stereocenters. The van der Waals surface area contributed by atoms with Crippen molar-refractivity contribution in [3.63, 3.8) is 0 Å². The van der Waals surface area contributed by atoms with E-state index in [0.717, 1.165) is 41.9 Å². The van der Waals surface area contributed by atoms with Crippen LogP contribution < -0.4 is 4.74 Å². The SMILES string of the molecule is Cc1cc(OCC2CCCN(C(=O)c3ccc4nccnc4c3)C2)ccn1. The molecule has 1 aliphatic heterocycles. The van der Waals surface area contributed by atoms with E-state index in [1.807, 2.05) is 42.2 Å². The Balaban J connectivity index is 1.41. The zero-order chi connectivity index (χ0) is 18.6. The average molecular weight is 362 g/mol. The summed E-state index contributed by atoms with van der Waals surface area (Å²) in [5.74, 6) is 1.21. The number of piperidine rings is 1. The summed E-state index contributed by atoms with van der Waals surface area (Å²) in [5.41, 5.74) is 3.14. The average Bonchev–Trinajstić information content (AvgIpc) is 2.71. The molecule has 6 heteroatoms. The molecule has 0 aliphatic carbocycles. The van der Waals surface area contributed by atoms with Crippen LogP contribution in [0.2, 0.25) is 0 Å². The van der Waals surface area contributed by atoms with E-state index in [2.05, 4.69) is 15.0 Å². The third-order valence-electron chi connectivity index (χ3n) is 4.88. The fraction of sp³-hybridized carbons (Fsp3) is 0.333. The smallest absolute Gasteiger partial charge is 0.253 e. The molecule has 0 bridgehead atoms. The number of aryl methyl sites for hydroxylation is 1. The van der Waals surface area contributed by atoms with Gasteiger partial charge in [-0.25, -0.2) is 0 Å². The molecular formula is C21H22N4O2. The van der Waals surface area contributed by atoms with Gasteiger partial charge in [-0.3, -0.25) is 19.7 Å². The fourth-order valence-corrected chi connectivity index (χ4v) is 3.49. The van der Waals surface area contributed by atoms with Crippen molar-refractivity contribution in [2.24, 2.45) is 5.92 Å². The molecule has 3 heterocycles. The van der Waals surface area contributed by atoms with Crippen LogP contribution in [0.1, 0.15) is 28.9 Å². The Labute approximate surface area is 158 Å². The van der Waals surface area contributed by atoms with Gasteiger partial charge in [-0.15, -0.1) is 0 Å². The van der Waals surface area contributed by atoms with Crippen LogP contribution in [0.25, 0.3) is 11.0 Å². The number of benzene rings is 1. The Kier molecular flexibility index (Phi) is 4.96. The van der Waals surface area contributed by atoms with Crippen molar-refractivity contribution in [1.82, 2.24) is 19.9 Å². The molecule has 1 aliphatic rings. The minimum Gasteiger partial charge on any atom is -0.493 e. The van der Waals surface area contributed by atoms with E-state index in [1.165, 1.54) is 0 Å². The molecule has 1 aromatic carbocycles. The lowest BCUT2D eigenvalue weighted by molar-refractivity contribution is 0.0633. The van der Waals surface area contributed by atoms with E-state index in [-0.39, 0.29) is 5.91 Å². The number of ether oxygens (including phenoxy) is 1. The lowest BCUT2D eigenvalue weighted by atomic mass is 9.98. The topological polar surface area (TPSA) is 68.2 Å². The zero-order valence-corrected chi connectivity index (χ0v) is 15.3. The van der Waals surface area contributed by atoms with Crippen molar-refractivity contribution in [3.8, 4) is 5.75 Å². The van der Waals surface area contributed by atoms with Gasteiger partial charge in [0.15, 0.2) is 0 Å². The van der Waals surface area contributed by atoms with Gasteiger partial charge in [-0.1, -0.05) is 0 Å². The number of pyridine rings is 1. The van der Waals surface area contributed by atoms with Crippen molar-refractivity contribution in [1.29, 1.82) is 0 Å². The highest BCUT2D eigenvalue weighted by molar-refractivity contribution is 5.97. The summed E-state index contributed by atoms with van der Waals surface area (Å²) in [7, 11) is 0. The molecule has 3 aromatic rings. The van der Waals surface area contributed by atoms with Crippen LogP contribution in [0.3, 0.4) is 0 Å². The molecule has 2 aromatic heterocycles. The number of carbonyl (C=O) groups is 1. The van der Waals surface area contributed by atoms with E-state index >= 15 is 0 Å². The van der Waals surface area contributed by atoms with Crippen molar-refractivity contribution in [2.45, 2.75) is 19.8 Å². The summed E-state index contributed by atoms with van der Waals surface area (Å²) < 4.78 is 5.92. The highest BCUT2D eigenvalue weighted by Gasteiger charge is 2.25. The number of aromatic nitrogens is 3. The number of likely N-dealkylation sites (tertiary alicyclic amines) is 1. The third-order valence-corrected chi connectivity index (χ3v) is 4.88. The first-order chi connectivity index (χ1) is 13.2. The van der Waals surface area contributed by atoms with Gasteiger partial charge in [0, 0.05) is 54.9 Å². The Morgan fingerprint density at radius 1 is 1.11 bits per heavy atom. The van der Waals surface area contributed by atoms with Crippen LogP contribution in [-0.2, 0) is 0 Å². The fourth-order valence-electron chi connectivity index (χ4n) is 3.49. The highest BCUT2D eigenvalue weighted by atomic mass is 16.5. The highest BCUT2D eigenvalue weighted by Crippen LogP contribution is 2.21. The second-order valence-electron chi connectivity index (χ2n) is 6.96. The van der Waals surface area contributed by atoms with Gasteiger partial charge >= 0.3 is 0 Å². The molecule has 1 atom stereocenters. The zero-order valence-electron chi connectivity index (χ0n) is 15.3. The molecule has 0 spiro atoms. The molecule has 27 heavy (non-hydrogen) atoms. The molecule has 4 rings (SSSR count). The van der Waals surface area contributed by atoms with Gasteiger partial charge in [-0.2, -0.15) is 0 Å². The molecule has 1 saturated heterocycles. The van der Waals surface area contributed by atoms with Gasteiger partial charge in [0.2, 0.25) is 0 Å². The van der Waals surface area contributed by atoms with Gasteiger partial charge in [0.05, 0.1) is 17.6 Å². The Morgan fingerprint density at radius 2 is 1.96 bits per heavy atom. The van der Waals surface area contributed by atoms with Crippen LogP contribution >= 0.6 is 0 Å². The van der Waals surface area contributed by atoms with E-state index < -0.39 is 0 Å². The van der Waals surface area contributed by atoms with Crippen molar-refractivity contribution < 1.29 is 9.53 Å². The normalized spacial score (nSPS) is 17.1. The van der Waals surface area contributed by atoms with E-state index in [0.29, 0.717) is 24.6 Å². The van der Waals surface area contributed by atoms with Crippen LogP contribution in [0.5, 0.6) is 5.75 Å². The number of hydrogen-bond donors (Lipinski definition) is 0. The molecule has 6 nitrogen and oxygen atoms in total. The summed E-state index contributed by atoms with van der Waals surface area (Å²) in [6.45, 7) is 4.04. The predicted molar refractivity (Wildman–Crippen MR) is 103 cm³/mol. The monoisotopic (exact) mass is 362 g/mol. The van der Waals surface area contributed by atoms with Crippen molar-refractivity contribution in [2.75, 3.05) is 19.7 Å². The van der Waals surface area contributed by atoms with Gasteiger partial charge in [0.25, 0.3) is 5.91 Å². The van der Waals surface area contributed by atoms with Crippen LogP contribution in [0, 0.1) is 12.8 Å². The summed E-state index contributed by atoms with van der Waals surface area (Å²) in [6.07, 6.45) is 7.11. The summed E-state index contributed by atoms with van der Waals surface area (Å²) >= 11 is 0. The maximum Gasteiger partial charge on any atom is 0.253 e. The number of hydrogen-bond acceptors (Lipinski definition) is 5. The predicted octanol–water partition coefficient (Wildman–Crippen LogP) is 3.26. The summed E-state index contributed by atoms with van der Waals surface area (Å²) in [4.78, 5) is 27.6. The van der Waals surface area contributed by atoms with Gasteiger partial charge < -0.3 is 9.64 Å². The number of nitrogens with zero attached hydrogens (tertiary/aromatic N) is 4. The maximum absolute atomic E-state index is 12.9. The lowest BCUT2D eigenvalue weighted by Crippen LogP contribution is -2.41. The quantitative estimate of drug-likeness (QED) is 0.712. The van der Waals surface area contributed by atoms with Gasteiger partial charge in [-0.05, 0) is 44.0 Å². The second kappa shape index (κ2) is 7.70. The first-order valence-electron chi connectivity index (χ1n) is 9.24. The number of carbonyl (C=O) groups excluding carboxylic acids is 1. The first kappa shape index (κ1) is 17.4. The third kappa shape index (κ3) is 4.05. The summed E-state index contributed by atoms with van der Waals surface area (Å²) in [5, 5.41) is 0. The largest absolute Gasteiger partial charge is 0.493 e. The van der Waals surface area contributed by atoms with Crippen LogP contribution in [0.15, 0.2) is 48.9 Å². The van der Waals surface area contributed by atoms with Crippen LogP contribution in [0.4, 0.5) is 0 Å². The van der Waals surface area contributed by atoms with Gasteiger partial charge in [0.1, 0.15) is 5.75 Å². The maximum atomic E-state index is 12.9.